The molecule has 0 aliphatic heterocycles. The summed E-state index contributed by atoms with van der Waals surface area (Å²) in [6, 6.07) is 11.5. The van der Waals surface area contributed by atoms with Crippen molar-refractivity contribution in [1.82, 2.24) is 24.6 Å². The summed E-state index contributed by atoms with van der Waals surface area (Å²) in [5, 5.41) is 7.32. The summed E-state index contributed by atoms with van der Waals surface area (Å²) in [5.74, 6) is 1.34. The molecule has 114 valence electrons. The molecule has 6 heteroatoms. The highest BCUT2D eigenvalue weighted by Gasteiger charge is 2.14. The van der Waals surface area contributed by atoms with Crippen molar-refractivity contribution in [3.05, 3.63) is 54.0 Å². The monoisotopic (exact) mass is 304 g/mol. The van der Waals surface area contributed by atoms with Crippen LogP contribution in [0.25, 0.3) is 28.4 Å². The summed E-state index contributed by atoms with van der Waals surface area (Å²) < 4.78 is 2.07. The molecule has 0 saturated heterocycles. The molecule has 0 spiro atoms. The number of rotatable bonds is 2. The van der Waals surface area contributed by atoms with E-state index < -0.39 is 0 Å². The lowest BCUT2D eigenvalue weighted by Crippen LogP contribution is -1.91. The number of H-pyrrole nitrogens is 1. The number of nitrogen functional groups attached to an aromatic ring is 1. The molecule has 4 aromatic rings. The lowest BCUT2D eigenvalue weighted by molar-refractivity contribution is 1.08. The smallest absolute Gasteiger partial charge is 0.181 e. The zero-order chi connectivity index (χ0) is 16.0. The van der Waals surface area contributed by atoms with Gasteiger partial charge in [0, 0.05) is 23.1 Å². The highest BCUT2D eigenvalue weighted by molar-refractivity contribution is 5.74. The number of benzene rings is 1. The van der Waals surface area contributed by atoms with Gasteiger partial charge in [-0.2, -0.15) is 5.10 Å². The summed E-state index contributed by atoms with van der Waals surface area (Å²) in [4.78, 5) is 9.25. The van der Waals surface area contributed by atoms with E-state index in [2.05, 4.69) is 31.5 Å². The third-order valence-corrected chi connectivity index (χ3v) is 4.04. The van der Waals surface area contributed by atoms with Crippen LogP contribution in [0.4, 0.5) is 5.69 Å². The number of hydrogen-bond acceptors (Lipinski definition) is 4. The number of fused-ring (bicyclic) bond motifs is 1. The third-order valence-electron chi connectivity index (χ3n) is 4.04. The lowest BCUT2D eigenvalue weighted by atomic mass is 10.2. The molecule has 0 radical (unpaired) electrons. The molecule has 0 atom stereocenters. The second-order valence-electron chi connectivity index (χ2n) is 5.53. The molecule has 3 heterocycles. The Labute approximate surface area is 133 Å². The van der Waals surface area contributed by atoms with Crippen LogP contribution in [0.5, 0.6) is 0 Å². The van der Waals surface area contributed by atoms with E-state index in [0.29, 0.717) is 11.6 Å². The standard InChI is InChI=1S/C17H16N6/c1-10-11(2)23-9-3-4-14(17(23)19-10)16-20-15(21-22-16)12-5-7-13(18)8-6-12/h3-9H,18H2,1-2H3,(H,20,21,22). The first-order valence-corrected chi connectivity index (χ1v) is 7.36. The molecule has 1 aromatic carbocycles. The van der Waals surface area contributed by atoms with Gasteiger partial charge in [0.1, 0.15) is 5.65 Å². The van der Waals surface area contributed by atoms with E-state index in [-0.39, 0.29) is 0 Å². The fourth-order valence-corrected chi connectivity index (χ4v) is 2.63. The van der Waals surface area contributed by atoms with Crippen LogP contribution in [0.15, 0.2) is 42.6 Å². The van der Waals surface area contributed by atoms with Gasteiger partial charge in [-0.3, -0.25) is 5.10 Å². The summed E-state index contributed by atoms with van der Waals surface area (Å²) in [5.41, 5.74) is 11.3. The normalized spacial score (nSPS) is 11.2. The summed E-state index contributed by atoms with van der Waals surface area (Å²) >= 11 is 0. The summed E-state index contributed by atoms with van der Waals surface area (Å²) in [6.07, 6.45) is 2.01. The first-order valence-electron chi connectivity index (χ1n) is 7.36. The van der Waals surface area contributed by atoms with Crippen LogP contribution in [0.2, 0.25) is 0 Å². The van der Waals surface area contributed by atoms with Crippen molar-refractivity contribution in [2.45, 2.75) is 13.8 Å². The molecular formula is C17H16N6. The van der Waals surface area contributed by atoms with E-state index in [1.807, 2.05) is 49.5 Å². The Bertz CT molecular complexity index is 994. The van der Waals surface area contributed by atoms with Gasteiger partial charge >= 0.3 is 0 Å². The van der Waals surface area contributed by atoms with Crippen molar-refractivity contribution in [3.8, 4) is 22.8 Å². The number of nitrogens with zero attached hydrogens (tertiary/aromatic N) is 4. The molecule has 0 fully saturated rings. The van der Waals surface area contributed by atoms with Gasteiger partial charge in [0.25, 0.3) is 0 Å². The molecule has 3 aromatic heterocycles. The lowest BCUT2D eigenvalue weighted by Gasteiger charge is -2.00. The molecule has 23 heavy (non-hydrogen) atoms. The Balaban J connectivity index is 1.83. The van der Waals surface area contributed by atoms with Crippen LogP contribution in [0.1, 0.15) is 11.4 Å². The second-order valence-corrected chi connectivity index (χ2v) is 5.53. The predicted octanol–water partition coefficient (Wildman–Crippen LogP) is 2.99. The van der Waals surface area contributed by atoms with Crippen molar-refractivity contribution in [1.29, 1.82) is 0 Å². The zero-order valence-corrected chi connectivity index (χ0v) is 12.9. The molecule has 3 N–H and O–H groups in total. The van der Waals surface area contributed by atoms with Gasteiger partial charge in [0.15, 0.2) is 11.6 Å². The largest absolute Gasteiger partial charge is 0.399 e. The molecule has 0 amide bonds. The minimum atomic E-state index is 0.641. The maximum absolute atomic E-state index is 5.72. The third kappa shape index (κ3) is 2.15. The number of hydrogen-bond donors (Lipinski definition) is 2. The number of aromatic amines is 1. The average molecular weight is 304 g/mol. The molecule has 6 nitrogen and oxygen atoms in total. The van der Waals surface area contributed by atoms with Gasteiger partial charge in [-0.15, -0.1) is 0 Å². The minimum Gasteiger partial charge on any atom is -0.399 e. The quantitative estimate of drug-likeness (QED) is 0.557. The summed E-state index contributed by atoms with van der Waals surface area (Å²) in [7, 11) is 0. The van der Waals surface area contributed by atoms with Crippen molar-refractivity contribution in [2.24, 2.45) is 0 Å². The van der Waals surface area contributed by atoms with Gasteiger partial charge in [0.05, 0.1) is 11.3 Å². The molecule has 0 aliphatic rings. The van der Waals surface area contributed by atoms with Crippen molar-refractivity contribution < 1.29 is 0 Å². The van der Waals surface area contributed by atoms with E-state index in [0.717, 1.165) is 33.8 Å². The molecule has 0 aliphatic carbocycles. The van der Waals surface area contributed by atoms with E-state index in [1.54, 1.807) is 0 Å². The van der Waals surface area contributed by atoms with Gasteiger partial charge < -0.3 is 10.1 Å². The van der Waals surface area contributed by atoms with Crippen LogP contribution >= 0.6 is 0 Å². The van der Waals surface area contributed by atoms with E-state index >= 15 is 0 Å². The topological polar surface area (TPSA) is 84.9 Å². The van der Waals surface area contributed by atoms with Crippen LogP contribution in [0.3, 0.4) is 0 Å². The minimum absolute atomic E-state index is 0.641. The van der Waals surface area contributed by atoms with E-state index in [1.165, 1.54) is 0 Å². The van der Waals surface area contributed by atoms with Crippen LogP contribution in [0, 0.1) is 13.8 Å². The van der Waals surface area contributed by atoms with E-state index in [9.17, 15) is 0 Å². The number of aromatic nitrogens is 5. The van der Waals surface area contributed by atoms with Crippen LogP contribution in [-0.4, -0.2) is 24.6 Å². The van der Waals surface area contributed by atoms with Crippen molar-refractivity contribution in [2.75, 3.05) is 5.73 Å². The van der Waals surface area contributed by atoms with Crippen LogP contribution < -0.4 is 5.73 Å². The Hall–Kier alpha value is -3.15. The highest BCUT2D eigenvalue weighted by Crippen LogP contribution is 2.25. The van der Waals surface area contributed by atoms with Crippen molar-refractivity contribution >= 4 is 11.3 Å². The SMILES string of the molecule is Cc1nc2c(-c3nc(-c4ccc(N)cc4)n[nH]3)cccn2c1C. The van der Waals surface area contributed by atoms with Gasteiger partial charge in [-0.1, -0.05) is 0 Å². The molecule has 0 bridgehead atoms. The Kier molecular flexibility index (Phi) is 2.90. The first kappa shape index (κ1) is 13.5. The number of pyridine rings is 1. The number of nitrogens with two attached hydrogens (primary N) is 1. The first-order chi connectivity index (χ1) is 11.1. The maximum Gasteiger partial charge on any atom is 0.181 e. The molecule has 0 saturated carbocycles. The van der Waals surface area contributed by atoms with Gasteiger partial charge in [-0.25, -0.2) is 9.97 Å². The molecular weight excluding hydrogens is 288 g/mol. The fraction of sp³-hybridized carbons (Fsp3) is 0.118. The van der Waals surface area contributed by atoms with E-state index in [4.69, 9.17) is 5.73 Å². The summed E-state index contributed by atoms with van der Waals surface area (Å²) in [6.45, 7) is 4.06. The number of nitrogens with one attached hydrogen (secondary N) is 1. The average Bonchev–Trinajstić information content (AvgIpc) is 3.14. The second kappa shape index (κ2) is 4.95. The Morgan fingerprint density at radius 2 is 1.83 bits per heavy atom. The van der Waals surface area contributed by atoms with Gasteiger partial charge in [-0.05, 0) is 50.2 Å². The van der Waals surface area contributed by atoms with Crippen LogP contribution in [-0.2, 0) is 0 Å². The Morgan fingerprint density at radius 1 is 1.04 bits per heavy atom. The highest BCUT2D eigenvalue weighted by atomic mass is 15.2. The van der Waals surface area contributed by atoms with Gasteiger partial charge in [0.2, 0.25) is 0 Å². The zero-order valence-electron chi connectivity index (χ0n) is 12.9. The maximum atomic E-state index is 5.72. The number of aryl methyl sites for hydroxylation is 2. The van der Waals surface area contributed by atoms with Crippen molar-refractivity contribution in [3.63, 3.8) is 0 Å². The molecule has 4 rings (SSSR count). The Morgan fingerprint density at radius 3 is 2.61 bits per heavy atom. The number of imidazole rings is 1. The predicted molar refractivity (Wildman–Crippen MR) is 89.9 cm³/mol. The molecule has 0 unspecified atom stereocenters. The fourth-order valence-electron chi connectivity index (χ4n) is 2.63. The number of anilines is 1.